The minimum atomic E-state index is 0.481. The van der Waals surface area contributed by atoms with Crippen molar-refractivity contribution in [2.24, 2.45) is 5.73 Å². The summed E-state index contributed by atoms with van der Waals surface area (Å²) >= 11 is 0. The number of para-hydroxylation sites is 1. The molecule has 0 bridgehead atoms. The first-order valence-corrected chi connectivity index (χ1v) is 6.30. The zero-order chi connectivity index (χ0) is 12.4. The van der Waals surface area contributed by atoms with E-state index in [1.54, 1.807) is 0 Å². The van der Waals surface area contributed by atoms with Crippen LogP contribution in [-0.2, 0) is 13.1 Å². The molecule has 1 aromatic carbocycles. The van der Waals surface area contributed by atoms with E-state index in [0.717, 1.165) is 31.1 Å². The van der Waals surface area contributed by atoms with E-state index in [0.29, 0.717) is 12.5 Å². The van der Waals surface area contributed by atoms with Gasteiger partial charge in [0.05, 0.1) is 13.2 Å². The smallest absolute Gasteiger partial charge is 0.122 e. The number of imidazole rings is 1. The maximum atomic E-state index is 5.69. The van der Waals surface area contributed by atoms with Gasteiger partial charge in [0.2, 0.25) is 0 Å². The van der Waals surface area contributed by atoms with Crippen LogP contribution in [0, 0.1) is 0 Å². The average molecular weight is 243 g/mol. The van der Waals surface area contributed by atoms with Crippen molar-refractivity contribution >= 4 is 0 Å². The van der Waals surface area contributed by atoms with Crippen LogP contribution >= 0.6 is 0 Å². The molecule has 0 fully saturated rings. The lowest BCUT2D eigenvalue weighted by Crippen LogP contribution is -2.20. The van der Waals surface area contributed by atoms with Crippen molar-refractivity contribution in [1.29, 1.82) is 0 Å². The number of ether oxygens (including phenoxy) is 1. The van der Waals surface area contributed by atoms with Gasteiger partial charge in [-0.3, -0.25) is 0 Å². The lowest BCUT2D eigenvalue weighted by Gasteiger charge is -2.26. The number of nitrogens with zero attached hydrogens (tertiary/aromatic N) is 2. The zero-order valence-electron chi connectivity index (χ0n) is 10.2. The molecule has 0 amide bonds. The molecule has 4 nitrogen and oxygen atoms in total. The van der Waals surface area contributed by atoms with Crippen molar-refractivity contribution in [3.05, 3.63) is 48.0 Å². The summed E-state index contributed by atoms with van der Waals surface area (Å²) in [4.78, 5) is 4.26. The molecule has 3 rings (SSSR count). The van der Waals surface area contributed by atoms with Crippen LogP contribution in [0.1, 0.15) is 23.7 Å². The van der Waals surface area contributed by atoms with Crippen LogP contribution < -0.4 is 10.5 Å². The summed E-state index contributed by atoms with van der Waals surface area (Å²) in [7, 11) is 0. The maximum absolute atomic E-state index is 5.69. The van der Waals surface area contributed by atoms with Crippen molar-refractivity contribution < 1.29 is 4.74 Å². The predicted molar refractivity (Wildman–Crippen MR) is 69.4 cm³/mol. The number of hydrogen-bond donors (Lipinski definition) is 1. The van der Waals surface area contributed by atoms with E-state index in [9.17, 15) is 0 Å². The van der Waals surface area contributed by atoms with Gasteiger partial charge in [0, 0.05) is 24.9 Å². The summed E-state index contributed by atoms with van der Waals surface area (Å²) in [6.07, 6.45) is 4.85. The fourth-order valence-corrected chi connectivity index (χ4v) is 2.54. The molecule has 2 heterocycles. The maximum Gasteiger partial charge on any atom is 0.122 e. The lowest BCUT2D eigenvalue weighted by molar-refractivity contribution is 0.258. The Labute approximate surface area is 106 Å². The van der Waals surface area contributed by atoms with E-state index in [1.807, 2.05) is 24.5 Å². The zero-order valence-corrected chi connectivity index (χ0v) is 10.2. The second-order valence-electron chi connectivity index (χ2n) is 4.57. The van der Waals surface area contributed by atoms with Crippen LogP contribution in [0.4, 0.5) is 0 Å². The van der Waals surface area contributed by atoms with E-state index < -0.39 is 0 Å². The minimum absolute atomic E-state index is 0.481. The number of fused-ring (bicyclic) bond motifs is 1. The molecule has 1 aliphatic heterocycles. The highest BCUT2D eigenvalue weighted by Gasteiger charge is 2.21. The first kappa shape index (κ1) is 11.3. The fraction of sp³-hybridized carbons (Fsp3) is 0.357. The number of hydrogen-bond acceptors (Lipinski definition) is 3. The molecule has 2 N–H and O–H groups in total. The Morgan fingerprint density at radius 3 is 3.17 bits per heavy atom. The molecular formula is C14H17N3O. The van der Waals surface area contributed by atoms with E-state index in [4.69, 9.17) is 10.5 Å². The highest BCUT2D eigenvalue weighted by atomic mass is 16.5. The Bertz CT molecular complexity index is 535. The second-order valence-corrected chi connectivity index (χ2v) is 4.57. The largest absolute Gasteiger partial charge is 0.493 e. The first-order chi connectivity index (χ1) is 8.88. The van der Waals surface area contributed by atoms with Gasteiger partial charge in [0.1, 0.15) is 11.6 Å². The predicted octanol–water partition coefficient (Wildman–Crippen LogP) is 1.91. The van der Waals surface area contributed by atoms with Crippen LogP contribution in [0.15, 0.2) is 36.7 Å². The Morgan fingerprint density at radius 1 is 1.39 bits per heavy atom. The molecule has 0 saturated heterocycles. The molecule has 94 valence electrons. The summed E-state index contributed by atoms with van der Waals surface area (Å²) in [5.41, 5.74) is 6.98. The molecule has 0 aliphatic carbocycles. The molecule has 18 heavy (non-hydrogen) atoms. The van der Waals surface area contributed by atoms with Gasteiger partial charge >= 0.3 is 0 Å². The average Bonchev–Trinajstić information content (AvgIpc) is 2.86. The minimum Gasteiger partial charge on any atom is -0.493 e. The molecule has 1 aromatic heterocycles. The Kier molecular flexibility index (Phi) is 3.02. The van der Waals surface area contributed by atoms with E-state index in [2.05, 4.69) is 21.7 Å². The van der Waals surface area contributed by atoms with Crippen LogP contribution in [0.25, 0.3) is 0 Å². The van der Waals surface area contributed by atoms with Crippen LogP contribution in [0.3, 0.4) is 0 Å². The summed E-state index contributed by atoms with van der Waals surface area (Å²) < 4.78 is 7.83. The topological polar surface area (TPSA) is 53.1 Å². The highest BCUT2D eigenvalue weighted by Crippen LogP contribution is 2.34. The molecule has 1 aliphatic rings. The van der Waals surface area contributed by atoms with E-state index in [-0.39, 0.29) is 0 Å². The molecule has 0 spiro atoms. The van der Waals surface area contributed by atoms with Gasteiger partial charge in [0.15, 0.2) is 0 Å². The highest BCUT2D eigenvalue weighted by molar-refractivity contribution is 5.37. The number of rotatable bonds is 3. The lowest BCUT2D eigenvalue weighted by atomic mass is 9.93. The SMILES string of the molecule is NCc1nccn1CC1CCOc2ccccc21. The first-order valence-electron chi connectivity index (χ1n) is 6.30. The quantitative estimate of drug-likeness (QED) is 0.896. The van der Waals surface area contributed by atoms with E-state index >= 15 is 0 Å². The third kappa shape index (κ3) is 1.99. The standard InChI is InChI=1S/C14H17N3O/c15-9-14-16-6-7-17(14)10-11-5-8-18-13-4-2-1-3-12(11)13/h1-4,6-7,11H,5,8-10,15H2. The Hall–Kier alpha value is -1.81. The van der Waals surface area contributed by atoms with Gasteiger partial charge in [-0.1, -0.05) is 18.2 Å². The number of benzene rings is 1. The molecule has 4 heteroatoms. The van der Waals surface area contributed by atoms with Crippen LogP contribution in [0.5, 0.6) is 5.75 Å². The molecule has 1 atom stereocenters. The van der Waals surface area contributed by atoms with Gasteiger partial charge < -0.3 is 15.0 Å². The molecule has 0 saturated carbocycles. The van der Waals surface area contributed by atoms with Gasteiger partial charge in [0.25, 0.3) is 0 Å². The second kappa shape index (κ2) is 4.82. The number of nitrogens with two attached hydrogens (primary N) is 1. The molecule has 2 aromatic rings. The van der Waals surface area contributed by atoms with Crippen molar-refractivity contribution in [2.75, 3.05) is 6.61 Å². The molecular weight excluding hydrogens is 226 g/mol. The fourth-order valence-electron chi connectivity index (χ4n) is 2.54. The summed E-state index contributed by atoms with van der Waals surface area (Å²) in [5.74, 6) is 2.44. The van der Waals surface area contributed by atoms with Crippen LogP contribution in [-0.4, -0.2) is 16.2 Å². The van der Waals surface area contributed by atoms with E-state index in [1.165, 1.54) is 5.56 Å². The normalized spacial score (nSPS) is 18.2. The third-order valence-corrected chi connectivity index (χ3v) is 3.48. The van der Waals surface area contributed by atoms with Crippen molar-refractivity contribution in [3.63, 3.8) is 0 Å². The summed E-state index contributed by atoms with van der Waals surface area (Å²) in [6, 6.07) is 8.28. The Balaban J connectivity index is 1.86. The summed E-state index contributed by atoms with van der Waals surface area (Å²) in [6.45, 7) is 2.19. The monoisotopic (exact) mass is 243 g/mol. The van der Waals surface area contributed by atoms with Gasteiger partial charge in [-0.2, -0.15) is 0 Å². The summed E-state index contributed by atoms with van der Waals surface area (Å²) in [5, 5.41) is 0. The van der Waals surface area contributed by atoms with Crippen molar-refractivity contribution in [3.8, 4) is 5.75 Å². The van der Waals surface area contributed by atoms with Crippen molar-refractivity contribution in [1.82, 2.24) is 9.55 Å². The molecule has 1 unspecified atom stereocenters. The van der Waals surface area contributed by atoms with Crippen molar-refractivity contribution in [2.45, 2.75) is 25.4 Å². The van der Waals surface area contributed by atoms with Gasteiger partial charge in [-0.05, 0) is 18.1 Å². The Morgan fingerprint density at radius 2 is 2.28 bits per heavy atom. The third-order valence-electron chi connectivity index (χ3n) is 3.48. The number of aromatic nitrogens is 2. The van der Waals surface area contributed by atoms with Gasteiger partial charge in [-0.15, -0.1) is 0 Å². The van der Waals surface area contributed by atoms with Gasteiger partial charge in [-0.25, -0.2) is 4.98 Å². The molecule has 0 radical (unpaired) electrons. The van der Waals surface area contributed by atoms with Crippen LogP contribution in [0.2, 0.25) is 0 Å².